The second kappa shape index (κ2) is 8.96. The summed E-state index contributed by atoms with van der Waals surface area (Å²) in [7, 11) is 5.38. The van der Waals surface area contributed by atoms with E-state index in [1.165, 1.54) is 47.5 Å². The van der Waals surface area contributed by atoms with Crippen molar-refractivity contribution in [3.8, 4) is 0 Å². The van der Waals surface area contributed by atoms with Crippen LogP contribution in [0.3, 0.4) is 0 Å². The lowest BCUT2D eigenvalue weighted by Gasteiger charge is -2.40. The molecule has 2 atom stereocenters. The van der Waals surface area contributed by atoms with Gasteiger partial charge < -0.3 is 14.0 Å². The van der Waals surface area contributed by atoms with E-state index in [1.54, 1.807) is 5.56 Å². The topological polar surface area (TPSA) is 43.7 Å². The van der Waals surface area contributed by atoms with Gasteiger partial charge in [0.15, 0.2) is 0 Å². The van der Waals surface area contributed by atoms with Crippen LogP contribution in [0.15, 0.2) is 42.6 Å². The molecule has 0 bridgehead atoms. The van der Waals surface area contributed by atoms with Gasteiger partial charge in [-0.25, -0.2) is 4.79 Å². The van der Waals surface area contributed by atoms with Crippen molar-refractivity contribution in [2.24, 2.45) is 7.05 Å². The van der Waals surface area contributed by atoms with Crippen molar-refractivity contribution in [1.82, 2.24) is 9.47 Å². The quantitative estimate of drug-likeness (QED) is 0.469. The predicted octanol–water partition coefficient (Wildman–Crippen LogP) is 5.50. The number of piperidine rings is 1. The zero-order chi connectivity index (χ0) is 23.1. The van der Waals surface area contributed by atoms with Crippen LogP contribution in [0, 0.1) is 6.92 Å². The molecule has 3 aromatic rings. The van der Waals surface area contributed by atoms with Gasteiger partial charge in [0.25, 0.3) is 0 Å². The molecule has 1 aromatic heterocycles. The Hall–Kier alpha value is -2.63. The fourth-order valence-corrected chi connectivity index (χ4v) is 5.64. The van der Waals surface area contributed by atoms with Gasteiger partial charge in [-0.1, -0.05) is 18.2 Å². The van der Waals surface area contributed by atoms with Crippen LogP contribution in [-0.2, 0) is 23.1 Å². The Morgan fingerprint density at radius 2 is 1.85 bits per heavy atom. The van der Waals surface area contributed by atoms with E-state index in [0.717, 1.165) is 25.9 Å². The summed E-state index contributed by atoms with van der Waals surface area (Å²) < 4.78 is 12.9. The molecule has 0 amide bonds. The van der Waals surface area contributed by atoms with Crippen LogP contribution in [-0.4, -0.2) is 42.3 Å². The number of fused-ring (bicyclic) bond motifs is 1. The summed E-state index contributed by atoms with van der Waals surface area (Å²) in [5, 5.41) is 1.40. The fraction of sp³-hybridized carbons (Fsp3) is 0.464. The summed E-state index contributed by atoms with van der Waals surface area (Å²) in [4.78, 5) is 14.5. The average molecular weight is 447 g/mol. The van der Waals surface area contributed by atoms with Gasteiger partial charge in [-0.3, -0.25) is 4.90 Å². The first-order chi connectivity index (χ1) is 16.0. The van der Waals surface area contributed by atoms with Crippen molar-refractivity contribution in [3.05, 3.63) is 70.4 Å². The summed E-state index contributed by atoms with van der Waals surface area (Å²) in [5.74, 6) is 0.412. The smallest absolute Gasteiger partial charge is 0.337 e. The molecule has 1 saturated heterocycles. The highest BCUT2D eigenvalue weighted by Crippen LogP contribution is 2.45. The van der Waals surface area contributed by atoms with Crippen molar-refractivity contribution in [1.29, 1.82) is 0 Å². The second-order valence-electron chi connectivity index (χ2n) is 9.71. The van der Waals surface area contributed by atoms with Crippen molar-refractivity contribution >= 4 is 16.9 Å². The molecule has 2 fully saturated rings. The highest BCUT2D eigenvalue weighted by Gasteiger charge is 2.33. The largest absolute Gasteiger partial charge is 0.465 e. The Balaban J connectivity index is 1.51. The normalized spacial score (nSPS) is 21.5. The van der Waals surface area contributed by atoms with Gasteiger partial charge in [-0.05, 0) is 79.0 Å². The molecule has 2 heterocycles. The van der Waals surface area contributed by atoms with E-state index in [2.05, 4.69) is 53.9 Å². The number of likely N-dealkylation sites (tertiary alicyclic amines) is 1. The second-order valence-corrected chi connectivity index (χ2v) is 9.71. The van der Waals surface area contributed by atoms with Crippen molar-refractivity contribution in [3.63, 3.8) is 0 Å². The molecule has 5 nitrogen and oxygen atoms in total. The van der Waals surface area contributed by atoms with Crippen LogP contribution in [0.4, 0.5) is 0 Å². The molecule has 5 rings (SSSR count). The number of aryl methyl sites for hydroxylation is 2. The monoisotopic (exact) mass is 446 g/mol. The Kier molecular flexibility index (Phi) is 6.02. The standard InChI is InChI=1S/C28H34N2O3/c1-18-15-24(19-5-6-19)25(23-12-13-29(2)27(18)23)17-30-14-11-22(32-3)16-26(30)20-7-9-21(10-8-20)28(31)33-4/h7-10,12-13,15,19,22,26H,5-6,11,14,16-17H2,1-4H3. The van der Waals surface area contributed by atoms with E-state index in [4.69, 9.17) is 9.47 Å². The zero-order valence-corrected chi connectivity index (χ0v) is 20.1. The molecule has 1 aliphatic carbocycles. The summed E-state index contributed by atoms with van der Waals surface area (Å²) in [6.45, 7) is 4.18. The maximum Gasteiger partial charge on any atom is 0.337 e. The number of methoxy groups -OCH3 is 2. The summed E-state index contributed by atoms with van der Waals surface area (Å²) in [6.07, 6.45) is 7.04. The first-order valence-corrected chi connectivity index (χ1v) is 12.0. The van der Waals surface area contributed by atoms with Crippen LogP contribution >= 0.6 is 0 Å². The average Bonchev–Trinajstić information content (AvgIpc) is 3.61. The number of carbonyl (C=O) groups is 1. The number of carbonyl (C=O) groups excluding carboxylic acids is 1. The van der Waals surface area contributed by atoms with Gasteiger partial charge in [0.1, 0.15) is 0 Å². The van der Waals surface area contributed by atoms with Gasteiger partial charge >= 0.3 is 5.97 Å². The molecule has 1 saturated carbocycles. The first kappa shape index (κ1) is 22.2. The maximum absolute atomic E-state index is 11.9. The van der Waals surface area contributed by atoms with Gasteiger partial charge in [-0.15, -0.1) is 0 Å². The molecule has 0 spiro atoms. The number of ether oxygens (including phenoxy) is 2. The third-order valence-electron chi connectivity index (χ3n) is 7.59. The number of benzene rings is 2. The minimum atomic E-state index is -0.294. The molecular formula is C28H34N2O3. The lowest BCUT2D eigenvalue weighted by Crippen LogP contribution is -2.39. The van der Waals surface area contributed by atoms with E-state index in [9.17, 15) is 4.79 Å². The highest BCUT2D eigenvalue weighted by atomic mass is 16.5. The van der Waals surface area contributed by atoms with Gasteiger partial charge in [0, 0.05) is 44.9 Å². The molecule has 33 heavy (non-hydrogen) atoms. The number of hydrogen-bond acceptors (Lipinski definition) is 4. The van der Waals surface area contributed by atoms with Gasteiger partial charge in [0.05, 0.1) is 24.3 Å². The fourth-order valence-electron chi connectivity index (χ4n) is 5.64. The Morgan fingerprint density at radius 3 is 2.52 bits per heavy atom. The SMILES string of the molecule is COC(=O)c1ccc(C2CC(OC)CCN2Cc2c(C3CC3)cc(C)c3c2ccn3C)cc1. The van der Waals surface area contributed by atoms with Crippen LogP contribution in [0.25, 0.3) is 10.9 Å². The molecule has 174 valence electrons. The van der Waals surface area contributed by atoms with E-state index in [0.29, 0.717) is 11.5 Å². The highest BCUT2D eigenvalue weighted by molar-refractivity contribution is 5.89. The molecule has 0 N–H and O–H groups in total. The third-order valence-corrected chi connectivity index (χ3v) is 7.59. The summed E-state index contributed by atoms with van der Waals surface area (Å²) >= 11 is 0. The number of esters is 1. The zero-order valence-electron chi connectivity index (χ0n) is 20.1. The van der Waals surface area contributed by atoms with E-state index < -0.39 is 0 Å². The molecule has 2 aliphatic rings. The van der Waals surface area contributed by atoms with Crippen LogP contribution in [0.1, 0.15) is 70.3 Å². The molecule has 5 heteroatoms. The van der Waals surface area contributed by atoms with Crippen LogP contribution in [0.5, 0.6) is 0 Å². The van der Waals surface area contributed by atoms with Crippen LogP contribution < -0.4 is 0 Å². The van der Waals surface area contributed by atoms with E-state index in [1.807, 2.05) is 19.2 Å². The van der Waals surface area contributed by atoms with E-state index >= 15 is 0 Å². The number of hydrogen-bond donors (Lipinski definition) is 0. The Morgan fingerprint density at radius 1 is 1.09 bits per heavy atom. The Bertz CT molecular complexity index is 1160. The van der Waals surface area contributed by atoms with Crippen molar-refractivity contribution in [2.45, 2.75) is 57.2 Å². The van der Waals surface area contributed by atoms with Crippen LogP contribution in [0.2, 0.25) is 0 Å². The van der Waals surface area contributed by atoms with Crippen molar-refractivity contribution in [2.75, 3.05) is 20.8 Å². The molecule has 2 aromatic carbocycles. The number of rotatable bonds is 6. The minimum absolute atomic E-state index is 0.252. The lowest BCUT2D eigenvalue weighted by molar-refractivity contribution is 0.00687. The molecule has 0 radical (unpaired) electrons. The summed E-state index contributed by atoms with van der Waals surface area (Å²) in [6, 6.07) is 12.9. The number of nitrogens with zero attached hydrogens (tertiary/aromatic N) is 2. The lowest BCUT2D eigenvalue weighted by atomic mass is 9.90. The maximum atomic E-state index is 11.9. The molecule has 2 unspecified atom stereocenters. The molecule has 1 aliphatic heterocycles. The summed E-state index contributed by atoms with van der Waals surface area (Å²) in [5.41, 5.74) is 7.57. The van der Waals surface area contributed by atoms with Gasteiger partial charge in [-0.2, -0.15) is 0 Å². The van der Waals surface area contributed by atoms with Crippen molar-refractivity contribution < 1.29 is 14.3 Å². The number of aromatic nitrogens is 1. The van der Waals surface area contributed by atoms with Gasteiger partial charge in [0.2, 0.25) is 0 Å². The molecular weight excluding hydrogens is 412 g/mol. The Labute approximate surface area is 196 Å². The van der Waals surface area contributed by atoms with E-state index in [-0.39, 0.29) is 18.1 Å². The third kappa shape index (κ3) is 4.20. The minimum Gasteiger partial charge on any atom is -0.465 e. The first-order valence-electron chi connectivity index (χ1n) is 12.0. The predicted molar refractivity (Wildman–Crippen MR) is 131 cm³/mol.